The molecule has 0 heterocycles. The first-order valence-electron chi connectivity index (χ1n) is 6.88. The van der Waals surface area contributed by atoms with E-state index in [0.717, 1.165) is 0 Å². The number of carbonyl (C=O) groups is 2. The fourth-order valence-corrected chi connectivity index (χ4v) is 1.82. The normalized spacial score (nSPS) is 9.95. The van der Waals surface area contributed by atoms with Crippen LogP contribution >= 0.6 is 0 Å². The summed E-state index contributed by atoms with van der Waals surface area (Å²) in [6.07, 6.45) is 0.296. The van der Waals surface area contributed by atoms with Crippen LogP contribution < -0.4 is 20.1 Å². The van der Waals surface area contributed by atoms with Gasteiger partial charge in [0.15, 0.2) is 0 Å². The van der Waals surface area contributed by atoms with Crippen molar-refractivity contribution in [2.24, 2.45) is 0 Å². The van der Waals surface area contributed by atoms with Crippen molar-refractivity contribution in [1.82, 2.24) is 10.6 Å². The molecule has 7 nitrogen and oxygen atoms in total. The molecule has 0 spiro atoms. The van der Waals surface area contributed by atoms with Gasteiger partial charge in [-0.1, -0.05) is 6.07 Å². The number of amides is 2. The molecule has 2 N–H and O–H groups in total. The number of hydrogen-bond acceptors (Lipinski definition) is 5. The fraction of sp³-hybridized carbons (Fsp3) is 0.467. The van der Waals surface area contributed by atoms with Crippen molar-refractivity contribution in [3.05, 3.63) is 23.8 Å². The van der Waals surface area contributed by atoms with Gasteiger partial charge in [0.25, 0.3) is 5.91 Å². The SMILES string of the molecule is COCCC(=O)NCCNC(=O)c1c(OC)cccc1OC. The Hall–Kier alpha value is -2.28. The molecule has 7 heteroatoms. The summed E-state index contributed by atoms with van der Waals surface area (Å²) in [6.45, 7) is 1.01. The Morgan fingerprint density at radius 2 is 1.59 bits per heavy atom. The quantitative estimate of drug-likeness (QED) is 0.652. The third-order valence-electron chi connectivity index (χ3n) is 2.92. The summed E-state index contributed by atoms with van der Waals surface area (Å²) in [5, 5.41) is 5.40. The molecule has 1 rings (SSSR count). The first-order valence-corrected chi connectivity index (χ1v) is 6.88. The molecule has 2 amide bonds. The second-order valence-electron chi connectivity index (χ2n) is 4.39. The molecular formula is C15H22N2O5. The van der Waals surface area contributed by atoms with Crippen LogP contribution in [0.3, 0.4) is 0 Å². The molecule has 22 heavy (non-hydrogen) atoms. The maximum absolute atomic E-state index is 12.2. The van der Waals surface area contributed by atoms with Gasteiger partial charge in [0.05, 0.1) is 20.8 Å². The molecule has 0 aliphatic rings. The van der Waals surface area contributed by atoms with Gasteiger partial charge in [-0.25, -0.2) is 0 Å². The van der Waals surface area contributed by atoms with Gasteiger partial charge >= 0.3 is 0 Å². The number of rotatable bonds is 9. The first kappa shape index (κ1) is 17.8. The molecule has 0 unspecified atom stereocenters. The zero-order chi connectivity index (χ0) is 16.4. The van der Waals surface area contributed by atoms with Crippen molar-refractivity contribution in [2.45, 2.75) is 6.42 Å². The van der Waals surface area contributed by atoms with E-state index < -0.39 is 0 Å². The predicted molar refractivity (Wildman–Crippen MR) is 81.4 cm³/mol. The van der Waals surface area contributed by atoms with Crippen molar-refractivity contribution >= 4 is 11.8 Å². The lowest BCUT2D eigenvalue weighted by atomic mass is 10.1. The van der Waals surface area contributed by atoms with Crippen molar-refractivity contribution in [2.75, 3.05) is 41.0 Å². The van der Waals surface area contributed by atoms with E-state index in [1.807, 2.05) is 0 Å². The van der Waals surface area contributed by atoms with E-state index in [0.29, 0.717) is 43.2 Å². The number of methoxy groups -OCH3 is 3. The molecule has 122 valence electrons. The van der Waals surface area contributed by atoms with Crippen LogP contribution in [0.5, 0.6) is 11.5 Å². The fourth-order valence-electron chi connectivity index (χ4n) is 1.82. The highest BCUT2D eigenvalue weighted by Gasteiger charge is 2.17. The van der Waals surface area contributed by atoms with E-state index in [9.17, 15) is 9.59 Å². The lowest BCUT2D eigenvalue weighted by molar-refractivity contribution is -0.121. The average molecular weight is 310 g/mol. The van der Waals surface area contributed by atoms with Crippen LogP contribution in [0.4, 0.5) is 0 Å². The van der Waals surface area contributed by atoms with E-state index in [1.165, 1.54) is 21.3 Å². The van der Waals surface area contributed by atoms with E-state index >= 15 is 0 Å². The Morgan fingerprint density at radius 3 is 2.14 bits per heavy atom. The number of carbonyl (C=O) groups excluding carboxylic acids is 2. The summed E-state index contributed by atoms with van der Waals surface area (Å²) >= 11 is 0. The van der Waals surface area contributed by atoms with Crippen LogP contribution in [0.25, 0.3) is 0 Å². The highest BCUT2D eigenvalue weighted by Crippen LogP contribution is 2.27. The Bertz CT molecular complexity index is 482. The zero-order valence-corrected chi connectivity index (χ0v) is 13.1. The molecule has 0 aliphatic carbocycles. The predicted octanol–water partition coefficient (Wildman–Crippen LogP) is 0.586. The monoisotopic (exact) mass is 310 g/mol. The van der Waals surface area contributed by atoms with Gasteiger partial charge in [-0.15, -0.1) is 0 Å². The largest absolute Gasteiger partial charge is 0.496 e. The first-order chi connectivity index (χ1) is 10.6. The minimum Gasteiger partial charge on any atom is -0.496 e. The summed E-state index contributed by atoms with van der Waals surface area (Å²) in [6, 6.07) is 5.11. The molecule has 0 aliphatic heterocycles. The highest BCUT2D eigenvalue weighted by atomic mass is 16.5. The second-order valence-corrected chi connectivity index (χ2v) is 4.39. The van der Waals surface area contributed by atoms with E-state index in [1.54, 1.807) is 18.2 Å². The molecule has 0 bridgehead atoms. The third kappa shape index (κ3) is 5.25. The standard InChI is InChI=1S/C15H22N2O5/c1-20-10-7-13(18)16-8-9-17-15(19)14-11(21-2)5-4-6-12(14)22-3/h4-6H,7-10H2,1-3H3,(H,16,18)(H,17,19). The van der Waals surface area contributed by atoms with Crippen molar-refractivity contribution in [3.8, 4) is 11.5 Å². The molecule has 0 atom stereocenters. The molecule has 0 fully saturated rings. The third-order valence-corrected chi connectivity index (χ3v) is 2.92. The zero-order valence-electron chi connectivity index (χ0n) is 13.1. The number of hydrogen-bond donors (Lipinski definition) is 2. The van der Waals surface area contributed by atoms with E-state index in [4.69, 9.17) is 14.2 Å². The maximum Gasteiger partial charge on any atom is 0.258 e. The van der Waals surface area contributed by atoms with Crippen LogP contribution in [0.1, 0.15) is 16.8 Å². The van der Waals surface area contributed by atoms with E-state index in [-0.39, 0.29) is 11.8 Å². The molecule has 1 aromatic carbocycles. The Morgan fingerprint density at radius 1 is 1.00 bits per heavy atom. The molecule has 0 radical (unpaired) electrons. The van der Waals surface area contributed by atoms with Crippen LogP contribution in [-0.4, -0.2) is 52.8 Å². The van der Waals surface area contributed by atoms with Crippen LogP contribution in [0.15, 0.2) is 18.2 Å². The Labute approximate surface area is 129 Å². The summed E-state index contributed by atoms with van der Waals surface area (Å²) in [4.78, 5) is 23.6. The minimum absolute atomic E-state index is 0.119. The topological polar surface area (TPSA) is 85.9 Å². The average Bonchev–Trinajstić information content (AvgIpc) is 2.55. The molecular weight excluding hydrogens is 288 g/mol. The smallest absolute Gasteiger partial charge is 0.258 e. The molecule has 0 aromatic heterocycles. The second kappa shape index (κ2) is 9.62. The van der Waals surface area contributed by atoms with Gasteiger partial charge in [-0.3, -0.25) is 9.59 Å². The van der Waals surface area contributed by atoms with Gasteiger partial charge in [0.1, 0.15) is 17.1 Å². The van der Waals surface area contributed by atoms with Gasteiger partial charge in [-0.05, 0) is 12.1 Å². The van der Waals surface area contributed by atoms with Crippen LogP contribution in [0.2, 0.25) is 0 Å². The summed E-state index contributed by atoms with van der Waals surface area (Å²) in [5.41, 5.74) is 0.332. The number of ether oxygens (including phenoxy) is 3. The summed E-state index contributed by atoms with van der Waals surface area (Å²) in [5.74, 6) is 0.424. The van der Waals surface area contributed by atoms with Gasteiger partial charge in [-0.2, -0.15) is 0 Å². The van der Waals surface area contributed by atoms with E-state index in [2.05, 4.69) is 10.6 Å². The maximum atomic E-state index is 12.2. The van der Waals surface area contributed by atoms with Gasteiger partial charge in [0.2, 0.25) is 5.91 Å². The molecule has 0 saturated heterocycles. The van der Waals surface area contributed by atoms with Crippen molar-refractivity contribution in [1.29, 1.82) is 0 Å². The van der Waals surface area contributed by atoms with Gasteiger partial charge in [0, 0.05) is 26.6 Å². The minimum atomic E-state index is -0.319. The summed E-state index contributed by atoms with van der Waals surface area (Å²) in [7, 11) is 4.51. The number of benzene rings is 1. The number of nitrogens with one attached hydrogen (secondary N) is 2. The van der Waals surface area contributed by atoms with Gasteiger partial charge < -0.3 is 24.8 Å². The lowest BCUT2D eigenvalue weighted by Crippen LogP contribution is -2.35. The van der Waals surface area contributed by atoms with Crippen molar-refractivity contribution in [3.63, 3.8) is 0 Å². The Balaban J connectivity index is 2.51. The van der Waals surface area contributed by atoms with Crippen LogP contribution in [0, 0.1) is 0 Å². The highest BCUT2D eigenvalue weighted by molar-refractivity contribution is 5.99. The molecule has 1 aromatic rings. The molecule has 0 saturated carbocycles. The van der Waals surface area contributed by atoms with Crippen molar-refractivity contribution < 1.29 is 23.8 Å². The Kier molecular flexibility index (Phi) is 7.77. The lowest BCUT2D eigenvalue weighted by Gasteiger charge is -2.13. The summed E-state index contributed by atoms with van der Waals surface area (Å²) < 4.78 is 15.2. The van der Waals surface area contributed by atoms with Crippen LogP contribution in [-0.2, 0) is 9.53 Å².